The molecule has 0 saturated carbocycles. The maximum atomic E-state index is 5.70. The van der Waals surface area contributed by atoms with E-state index >= 15 is 0 Å². The largest absolute Gasteiger partial charge is 0.493 e. The summed E-state index contributed by atoms with van der Waals surface area (Å²) in [5, 5.41) is 8.27. The van der Waals surface area contributed by atoms with E-state index in [0.717, 1.165) is 0 Å². The number of rotatable bonds is 5. The van der Waals surface area contributed by atoms with Gasteiger partial charge in [-0.1, -0.05) is 17.4 Å². The molecule has 5 nitrogen and oxygen atoms in total. The van der Waals surface area contributed by atoms with E-state index in [0.29, 0.717) is 26.7 Å². The monoisotopic (exact) mass is 286 g/mol. The molecule has 0 unspecified atom stereocenters. The van der Waals surface area contributed by atoms with E-state index in [-0.39, 0.29) is 6.61 Å². The second kappa shape index (κ2) is 5.88. The quantitative estimate of drug-likeness (QED) is 0.846. The normalized spacial score (nSPS) is 10.2. The van der Waals surface area contributed by atoms with E-state index in [9.17, 15) is 0 Å². The Kier molecular flexibility index (Phi) is 4.22. The SMILES string of the molecule is COc1cccc(OC)c1OCc1nnc(Cl)s1. The summed E-state index contributed by atoms with van der Waals surface area (Å²) in [6.07, 6.45) is 0. The highest BCUT2D eigenvalue weighted by Crippen LogP contribution is 2.37. The van der Waals surface area contributed by atoms with Crippen LogP contribution in [0.15, 0.2) is 18.2 Å². The summed E-state index contributed by atoms with van der Waals surface area (Å²) >= 11 is 6.97. The summed E-state index contributed by atoms with van der Waals surface area (Å²) in [5.74, 6) is 1.74. The Hall–Kier alpha value is -1.53. The van der Waals surface area contributed by atoms with E-state index in [1.54, 1.807) is 26.4 Å². The van der Waals surface area contributed by atoms with Crippen molar-refractivity contribution in [1.29, 1.82) is 0 Å². The fourth-order valence-electron chi connectivity index (χ4n) is 1.38. The van der Waals surface area contributed by atoms with Crippen LogP contribution in [0.1, 0.15) is 5.01 Å². The van der Waals surface area contributed by atoms with Crippen molar-refractivity contribution in [2.45, 2.75) is 6.61 Å². The summed E-state index contributed by atoms with van der Waals surface area (Å²) in [7, 11) is 3.15. The third kappa shape index (κ3) is 2.83. The van der Waals surface area contributed by atoms with Gasteiger partial charge in [0.05, 0.1) is 14.2 Å². The molecule has 1 aromatic heterocycles. The van der Waals surface area contributed by atoms with Crippen LogP contribution < -0.4 is 14.2 Å². The highest BCUT2D eigenvalue weighted by Gasteiger charge is 2.12. The molecule has 96 valence electrons. The minimum Gasteiger partial charge on any atom is -0.493 e. The van der Waals surface area contributed by atoms with Gasteiger partial charge in [-0.15, -0.1) is 10.2 Å². The van der Waals surface area contributed by atoms with Gasteiger partial charge in [0, 0.05) is 0 Å². The van der Waals surface area contributed by atoms with Gasteiger partial charge in [-0.05, 0) is 23.7 Å². The van der Waals surface area contributed by atoms with Crippen LogP contribution in [0.5, 0.6) is 17.2 Å². The number of aromatic nitrogens is 2. The van der Waals surface area contributed by atoms with Crippen LogP contribution in [0, 0.1) is 0 Å². The van der Waals surface area contributed by atoms with Crippen molar-refractivity contribution in [3.63, 3.8) is 0 Å². The molecule has 0 bridgehead atoms. The van der Waals surface area contributed by atoms with Crippen molar-refractivity contribution in [3.05, 3.63) is 27.7 Å². The smallest absolute Gasteiger partial charge is 0.207 e. The fraction of sp³-hybridized carbons (Fsp3) is 0.273. The first kappa shape index (κ1) is 12.9. The zero-order valence-electron chi connectivity index (χ0n) is 9.84. The lowest BCUT2D eigenvalue weighted by Crippen LogP contribution is -1.99. The lowest BCUT2D eigenvalue weighted by molar-refractivity contribution is 0.265. The second-order valence-electron chi connectivity index (χ2n) is 3.23. The molecule has 0 spiro atoms. The molecule has 0 radical (unpaired) electrons. The number of hydrogen-bond donors (Lipinski definition) is 0. The van der Waals surface area contributed by atoms with Crippen molar-refractivity contribution in [2.75, 3.05) is 14.2 Å². The van der Waals surface area contributed by atoms with Gasteiger partial charge in [0.15, 0.2) is 16.5 Å². The van der Waals surface area contributed by atoms with E-state index < -0.39 is 0 Å². The van der Waals surface area contributed by atoms with Gasteiger partial charge in [0.1, 0.15) is 6.61 Å². The summed E-state index contributed by atoms with van der Waals surface area (Å²) in [4.78, 5) is 0. The number of benzene rings is 1. The molecule has 0 aliphatic carbocycles. The Labute approximate surface area is 113 Å². The van der Waals surface area contributed by atoms with E-state index in [1.165, 1.54) is 11.3 Å². The maximum Gasteiger partial charge on any atom is 0.207 e. The van der Waals surface area contributed by atoms with Crippen LogP contribution in [-0.2, 0) is 6.61 Å². The Balaban J connectivity index is 2.17. The van der Waals surface area contributed by atoms with Crippen LogP contribution >= 0.6 is 22.9 Å². The average Bonchev–Trinajstić information content (AvgIpc) is 2.81. The van der Waals surface area contributed by atoms with E-state index in [2.05, 4.69) is 10.2 Å². The molecule has 2 rings (SSSR count). The predicted octanol–water partition coefficient (Wildman–Crippen LogP) is 2.79. The van der Waals surface area contributed by atoms with E-state index in [1.807, 2.05) is 6.07 Å². The molecule has 7 heteroatoms. The first-order valence-corrected chi connectivity index (χ1v) is 6.25. The molecule has 0 aliphatic heterocycles. The number of methoxy groups -OCH3 is 2. The van der Waals surface area contributed by atoms with Crippen LogP contribution in [0.2, 0.25) is 4.47 Å². The highest BCUT2D eigenvalue weighted by molar-refractivity contribution is 7.15. The van der Waals surface area contributed by atoms with Gasteiger partial charge < -0.3 is 14.2 Å². The zero-order chi connectivity index (χ0) is 13.0. The van der Waals surface area contributed by atoms with Gasteiger partial charge in [0.2, 0.25) is 10.2 Å². The minimum absolute atomic E-state index is 0.265. The Morgan fingerprint density at radius 2 is 1.83 bits per heavy atom. The third-order valence-electron chi connectivity index (χ3n) is 2.16. The topological polar surface area (TPSA) is 53.5 Å². The van der Waals surface area contributed by atoms with Gasteiger partial charge in [-0.3, -0.25) is 0 Å². The molecule has 0 fully saturated rings. The standard InChI is InChI=1S/C11H11ClN2O3S/c1-15-7-4-3-5-8(16-2)10(7)17-6-9-13-14-11(12)18-9/h3-5H,6H2,1-2H3. The highest BCUT2D eigenvalue weighted by atomic mass is 35.5. The molecule has 2 aromatic rings. The molecular weight excluding hydrogens is 276 g/mol. The van der Waals surface area contributed by atoms with Crippen molar-refractivity contribution in [3.8, 4) is 17.2 Å². The summed E-state index contributed by atoms with van der Waals surface area (Å²) < 4.78 is 16.5. The molecule has 0 aliphatic rings. The van der Waals surface area contributed by atoms with Crippen LogP contribution in [0.4, 0.5) is 0 Å². The zero-order valence-corrected chi connectivity index (χ0v) is 11.4. The number of para-hydroxylation sites is 1. The van der Waals surface area contributed by atoms with Gasteiger partial charge in [0.25, 0.3) is 0 Å². The average molecular weight is 287 g/mol. The molecule has 0 saturated heterocycles. The Bertz CT molecular complexity index is 511. The second-order valence-corrected chi connectivity index (χ2v) is 4.87. The third-order valence-corrected chi connectivity index (χ3v) is 3.16. The maximum absolute atomic E-state index is 5.70. The molecule has 0 amide bonds. The van der Waals surface area contributed by atoms with Crippen molar-refractivity contribution in [2.24, 2.45) is 0 Å². The number of halogens is 1. The van der Waals surface area contributed by atoms with Crippen molar-refractivity contribution >= 4 is 22.9 Å². The Morgan fingerprint density at radius 3 is 2.33 bits per heavy atom. The number of nitrogens with zero attached hydrogens (tertiary/aromatic N) is 2. The van der Waals surface area contributed by atoms with Gasteiger partial charge in [-0.2, -0.15) is 0 Å². The first-order valence-electron chi connectivity index (χ1n) is 5.06. The molecule has 0 N–H and O–H groups in total. The van der Waals surface area contributed by atoms with Crippen LogP contribution in [0.25, 0.3) is 0 Å². The molecule has 0 atom stereocenters. The van der Waals surface area contributed by atoms with Crippen molar-refractivity contribution in [1.82, 2.24) is 10.2 Å². The van der Waals surface area contributed by atoms with Crippen LogP contribution in [0.3, 0.4) is 0 Å². The minimum atomic E-state index is 0.265. The number of hydrogen-bond acceptors (Lipinski definition) is 6. The molecule has 18 heavy (non-hydrogen) atoms. The van der Waals surface area contributed by atoms with E-state index in [4.69, 9.17) is 25.8 Å². The fourth-order valence-corrected chi connectivity index (χ4v) is 2.17. The molecule has 1 aromatic carbocycles. The number of ether oxygens (including phenoxy) is 3. The lowest BCUT2D eigenvalue weighted by atomic mass is 10.3. The summed E-state index contributed by atoms with van der Waals surface area (Å²) in [6.45, 7) is 0.265. The van der Waals surface area contributed by atoms with Gasteiger partial charge in [-0.25, -0.2) is 0 Å². The molecule has 1 heterocycles. The summed E-state index contributed by atoms with van der Waals surface area (Å²) in [5.41, 5.74) is 0. The predicted molar refractivity (Wildman–Crippen MR) is 68.8 cm³/mol. The van der Waals surface area contributed by atoms with Crippen LogP contribution in [-0.4, -0.2) is 24.4 Å². The molecular formula is C11H11ClN2O3S. The Morgan fingerprint density at radius 1 is 1.17 bits per heavy atom. The first-order chi connectivity index (χ1) is 8.74. The lowest BCUT2D eigenvalue weighted by Gasteiger charge is -2.12. The van der Waals surface area contributed by atoms with Crippen molar-refractivity contribution < 1.29 is 14.2 Å². The summed E-state index contributed by atoms with van der Waals surface area (Å²) in [6, 6.07) is 5.42. The van der Waals surface area contributed by atoms with Gasteiger partial charge >= 0.3 is 0 Å².